The van der Waals surface area contributed by atoms with Crippen LogP contribution in [0.4, 0.5) is 15.3 Å². The molecule has 1 rings (SSSR count). The summed E-state index contributed by atoms with van der Waals surface area (Å²) in [5, 5.41) is 5.37. The number of urea groups is 1. The molecule has 0 unspecified atom stereocenters. The van der Waals surface area contributed by atoms with Crippen LogP contribution in [0.5, 0.6) is 0 Å². The molecule has 3 amide bonds. The molecule has 0 saturated heterocycles. The maximum Gasteiger partial charge on any atom is 0.407 e. The summed E-state index contributed by atoms with van der Waals surface area (Å²) < 4.78 is 5.16. The Morgan fingerprint density at radius 2 is 1.88 bits per heavy atom. The highest BCUT2D eigenvalue weighted by Gasteiger charge is 2.19. The van der Waals surface area contributed by atoms with Crippen molar-refractivity contribution in [3.05, 3.63) is 29.8 Å². The van der Waals surface area contributed by atoms with E-state index in [1.54, 1.807) is 52.1 Å². The van der Waals surface area contributed by atoms with Gasteiger partial charge in [0.15, 0.2) is 5.78 Å². The molecule has 7 nitrogen and oxygen atoms in total. The van der Waals surface area contributed by atoms with Crippen LogP contribution < -0.4 is 10.6 Å². The highest BCUT2D eigenvalue weighted by Crippen LogP contribution is 2.12. The molecule has 0 radical (unpaired) electrons. The van der Waals surface area contributed by atoms with Gasteiger partial charge in [0.25, 0.3) is 0 Å². The number of alkyl carbamates (subject to hydrolysis) is 1. The minimum atomic E-state index is -0.571. The van der Waals surface area contributed by atoms with Crippen molar-refractivity contribution >= 4 is 23.6 Å². The molecule has 0 aromatic heterocycles. The summed E-state index contributed by atoms with van der Waals surface area (Å²) in [5.41, 5.74) is 0.496. The van der Waals surface area contributed by atoms with E-state index in [0.717, 1.165) is 0 Å². The first-order valence-corrected chi connectivity index (χ1v) is 8.11. The quantitative estimate of drug-likeness (QED) is 0.799. The Morgan fingerprint density at radius 1 is 1.24 bits per heavy atom. The number of amides is 3. The molecular formula is C18H27N3O4. The number of carbonyl (C=O) groups excluding carboxylic acids is 3. The number of ether oxygens (including phenoxy) is 1. The molecular weight excluding hydrogens is 322 g/mol. The van der Waals surface area contributed by atoms with Crippen molar-refractivity contribution in [1.29, 1.82) is 0 Å². The van der Waals surface area contributed by atoms with Crippen LogP contribution in [0.25, 0.3) is 0 Å². The first kappa shape index (κ1) is 20.5. The van der Waals surface area contributed by atoms with Gasteiger partial charge in [0.05, 0.1) is 0 Å². The predicted octanol–water partition coefficient (Wildman–Crippen LogP) is 3.27. The van der Waals surface area contributed by atoms with E-state index in [2.05, 4.69) is 10.6 Å². The average molecular weight is 349 g/mol. The van der Waals surface area contributed by atoms with Crippen LogP contribution in [-0.2, 0) is 4.74 Å². The van der Waals surface area contributed by atoms with Gasteiger partial charge in [0.2, 0.25) is 0 Å². The molecule has 7 heteroatoms. The van der Waals surface area contributed by atoms with Gasteiger partial charge < -0.3 is 20.3 Å². The lowest BCUT2D eigenvalue weighted by atomic mass is 10.1. The van der Waals surface area contributed by atoms with E-state index in [1.165, 1.54) is 11.8 Å². The van der Waals surface area contributed by atoms with Crippen LogP contribution >= 0.6 is 0 Å². The molecule has 0 saturated carbocycles. The Balaban J connectivity index is 2.56. The van der Waals surface area contributed by atoms with E-state index in [4.69, 9.17) is 4.74 Å². The molecule has 25 heavy (non-hydrogen) atoms. The van der Waals surface area contributed by atoms with Crippen LogP contribution in [-0.4, -0.2) is 48.0 Å². The number of nitrogens with one attached hydrogen (secondary N) is 2. The normalized spacial score (nSPS) is 12.1. The van der Waals surface area contributed by atoms with Crippen LogP contribution in [0, 0.1) is 0 Å². The summed E-state index contributed by atoms with van der Waals surface area (Å²) >= 11 is 0. The third-order valence-corrected chi connectivity index (χ3v) is 3.44. The van der Waals surface area contributed by atoms with Crippen LogP contribution in [0.15, 0.2) is 24.3 Å². The van der Waals surface area contributed by atoms with E-state index in [9.17, 15) is 14.4 Å². The van der Waals surface area contributed by atoms with Gasteiger partial charge in [-0.25, -0.2) is 9.59 Å². The first-order valence-electron chi connectivity index (χ1n) is 8.11. The number of carbonyl (C=O) groups is 3. The minimum absolute atomic E-state index is 0.0700. The number of anilines is 1. The molecule has 0 aliphatic carbocycles. The zero-order valence-electron chi connectivity index (χ0n) is 15.7. The molecule has 1 atom stereocenters. The van der Waals surface area contributed by atoms with E-state index >= 15 is 0 Å². The zero-order chi connectivity index (χ0) is 19.2. The molecule has 0 fully saturated rings. The fourth-order valence-electron chi connectivity index (χ4n) is 1.91. The third kappa shape index (κ3) is 7.24. The van der Waals surface area contributed by atoms with Crippen molar-refractivity contribution in [3.8, 4) is 0 Å². The molecule has 0 aliphatic rings. The predicted molar refractivity (Wildman–Crippen MR) is 96.9 cm³/mol. The van der Waals surface area contributed by atoms with Crippen LogP contribution in [0.3, 0.4) is 0 Å². The van der Waals surface area contributed by atoms with E-state index < -0.39 is 11.7 Å². The second-order valence-electron chi connectivity index (χ2n) is 6.91. The maximum absolute atomic E-state index is 12.3. The zero-order valence-corrected chi connectivity index (χ0v) is 15.7. The van der Waals surface area contributed by atoms with Crippen molar-refractivity contribution in [1.82, 2.24) is 10.2 Å². The molecule has 0 spiro atoms. The first-order chi connectivity index (χ1) is 11.5. The SMILES string of the molecule is CC(=O)c1cccc(NC(=O)N(C)[C@H](C)CNC(=O)OC(C)(C)C)c1. The number of benzene rings is 1. The number of nitrogens with zero attached hydrogens (tertiary/aromatic N) is 1. The number of hydrogen-bond acceptors (Lipinski definition) is 4. The number of hydrogen-bond donors (Lipinski definition) is 2. The van der Waals surface area contributed by atoms with Gasteiger partial charge in [-0.05, 0) is 46.8 Å². The summed E-state index contributed by atoms with van der Waals surface area (Å²) in [4.78, 5) is 36.8. The summed E-state index contributed by atoms with van der Waals surface area (Å²) in [5.74, 6) is -0.0700. The smallest absolute Gasteiger partial charge is 0.407 e. The van der Waals surface area contributed by atoms with Crippen LogP contribution in [0.1, 0.15) is 45.0 Å². The standard InChI is InChI=1S/C18H27N3O4/c1-12(11-19-17(24)25-18(3,4)5)21(6)16(23)20-15-9-7-8-14(10-15)13(2)22/h7-10,12H,11H2,1-6H3,(H,19,24)(H,20,23)/t12-/m1/s1. The van der Waals surface area contributed by atoms with E-state index in [0.29, 0.717) is 11.3 Å². The second kappa shape index (κ2) is 8.50. The lowest BCUT2D eigenvalue weighted by Gasteiger charge is -2.26. The Bertz CT molecular complexity index is 637. The maximum atomic E-state index is 12.3. The van der Waals surface area contributed by atoms with E-state index in [1.807, 2.05) is 6.92 Å². The van der Waals surface area contributed by atoms with Crippen molar-refractivity contribution in [2.75, 3.05) is 18.9 Å². The van der Waals surface area contributed by atoms with Crippen molar-refractivity contribution in [2.24, 2.45) is 0 Å². The fourth-order valence-corrected chi connectivity index (χ4v) is 1.91. The molecule has 1 aromatic rings. The largest absolute Gasteiger partial charge is 0.444 e. The molecule has 0 heterocycles. The van der Waals surface area contributed by atoms with Gasteiger partial charge in [0.1, 0.15) is 5.60 Å². The Kier molecular flexibility index (Phi) is 6.97. The second-order valence-corrected chi connectivity index (χ2v) is 6.91. The monoisotopic (exact) mass is 349 g/mol. The van der Waals surface area contributed by atoms with Crippen molar-refractivity contribution in [2.45, 2.75) is 46.3 Å². The average Bonchev–Trinajstić information content (AvgIpc) is 2.50. The van der Waals surface area contributed by atoms with Crippen molar-refractivity contribution < 1.29 is 19.1 Å². The summed E-state index contributed by atoms with van der Waals surface area (Å²) in [6.45, 7) is 8.88. The van der Waals surface area contributed by atoms with Crippen LogP contribution in [0.2, 0.25) is 0 Å². The highest BCUT2D eigenvalue weighted by molar-refractivity contribution is 5.96. The number of ketones is 1. The lowest BCUT2D eigenvalue weighted by molar-refractivity contribution is 0.0516. The number of rotatable bonds is 5. The number of Topliss-reactive ketones (excluding diaryl/α,β-unsaturated/α-hetero) is 1. The summed E-state index contributed by atoms with van der Waals surface area (Å²) in [6.07, 6.45) is -0.526. The molecule has 1 aromatic carbocycles. The minimum Gasteiger partial charge on any atom is -0.444 e. The topological polar surface area (TPSA) is 87.7 Å². The number of likely N-dealkylation sites (N-methyl/N-ethyl adjacent to an activating group) is 1. The van der Waals surface area contributed by atoms with Gasteiger partial charge in [0, 0.05) is 30.9 Å². The molecule has 0 bridgehead atoms. The Labute approximate surface area is 148 Å². The van der Waals surface area contributed by atoms with E-state index in [-0.39, 0.29) is 24.4 Å². The van der Waals surface area contributed by atoms with Gasteiger partial charge in [-0.15, -0.1) is 0 Å². The third-order valence-electron chi connectivity index (χ3n) is 3.44. The summed E-state index contributed by atoms with van der Waals surface area (Å²) in [7, 11) is 1.63. The van der Waals surface area contributed by atoms with Gasteiger partial charge >= 0.3 is 12.1 Å². The van der Waals surface area contributed by atoms with Gasteiger partial charge in [-0.2, -0.15) is 0 Å². The van der Waals surface area contributed by atoms with Crippen molar-refractivity contribution in [3.63, 3.8) is 0 Å². The fraction of sp³-hybridized carbons (Fsp3) is 0.500. The highest BCUT2D eigenvalue weighted by atomic mass is 16.6. The Hall–Kier alpha value is -2.57. The molecule has 138 valence electrons. The summed E-state index contributed by atoms with van der Waals surface area (Å²) in [6, 6.07) is 6.15. The molecule has 0 aliphatic heterocycles. The van der Waals surface area contributed by atoms with Gasteiger partial charge in [-0.3, -0.25) is 4.79 Å². The molecule has 2 N–H and O–H groups in total. The van der Waals surface area contributed by atoms with Gasteiger partial charge in [-0.1, -0.05) is 12.1 Å². The lowest BCUT2D eigenvalue weighted by Crippen LogP contribution is -2.45. The Morgan fingerprint density at radius 3 is 2.44 bits per heavy atom.